The molecule has 7 aromatic rings. The van der Waals surface area contributed by atoms with Gasteiger partial charge in [-0.25, -0.2) is 9.99 Å². The predicted molar refractivity (Wildman–Crippen MR) is 189 cm³/mol. The van der Waals surface area contributed by atoms with Crippen LogP contribution >= 0.6 is 0 Å². The van der Waals surface area contributed by atoms with Crippen LogP contribution in [0.15, 0.2) is 163 Å². The summed E-state index contributed by atoms with van der Waals surface area (Å²) in [5.41, 5.74) is 9.63. The number of rotatable bonds is 4. The van der Waals surface area contributed by atoms with E-state index in [-0.39, 0.29) is 0 Å². The summed E-state index contributed by atoms with van der Waals surface area (Å²) in [6.45, 7) is 4.28. The number of para-hydroxylation sites is 1. The lowest BCUT2D eigenvalue weighted by molar-refractivity contribution is 1.09. The number of benzene rings is 5. The zero-order chi connectivity index (χ0) is 30.2. The quantitative estimate of drug-likeness (QED) is 0.196. The molecule has 0 fully saturated rings. The molecule has 0 N–H and O–H groups in total. The smallest absolute Gasteiger partial charge is 0.0899 e. The van der Waals surface area contributed by atoms with E-state index in [1.165, 1.54) is 21.5 Å². The summed E-state index contributed by atoms with van der Waals surface area (Å²) in [4.78, 5) is 9.84. The fourth-order valence-electron chi connectivity index (χ4n) is 6.12. The number of hydrogen-bond acceptors (Lipinski definition) is 4. The Hall–Kier alpha value is -6.13. The van der Waals surface area contributed by atoms with E-state index in [0.29, 0.717) is 0 Å². The van der Waals surface area contributed by atoms with Crippen molar-refractivity contribution in [3.8, 4) is 33.8 Å². The monoisotopic (exact) mass is 576 g/mol. The van der Waals surface area contributed by atoms with E-state index in [2.05, 4.69) is 115 Å². The minimum atomic E-state index is 0.821. The summed E-state index contributed by atoms with van der Waals surface area (Å²) in [7, 11) is 0. The zero-order valence-corrected chi connectivity index (χ0v) is 24.5. The lowest BCUT2D eigenvalue weighted by atomic mass is 9.92. The highest BCUT2D eigenvalue weighted by atomic mass is 15.5. The Balaban J connectivity index is 1.33. The number of allylic oxidation sites excluding steroid dienone is 3. The molecule has 0 saturated carbocycles. The summed E-state index contributed by atoms with van der Waals surface area (Å²) >= 11 is 0. The number of anilines is 2. The number of fused-ring (bicyclic) bond motifs is 4. The Labute approximate surface area is 262 Å². The van der Waals surface area contributed by atoms with E-state index in [1.54, 1.807) is 6.21 Å². The molecule has 0 unspecified atom stereocenters. The van der Waals surface area contributed by atoms with Crippen molar-refractivity contribution in [1.82, 2.24) is 9.97 Å². The maximum absolute atomic E-state index is 5.17. The van der Waals surface area contributed by atoms with Crippen molar-refractivity contribution in [3.05, 3.63) is 164 Å². The Kier molecular flexibility index (Phi) is 6.58. The molecule has 3 heterocycles. The molecule has 45 heavy (non-hydrogen) atoms. The van der Waals surface area contributed by atoms with Gasteiger partial charge in [0.25, 0.3) is 0 Å². The van der Waals surface area contributed by atoms with Gasteiger partial charge in [-0.3, -0.25) is 4.98 Å². The van der Waals surface area contributed by atoms with Gasteiger partial charge >= 0.3 is 0 Å². The van der Waals surface area contributed by atoms with Gasteiger partial charge in [0.1, 0.15) is 0 Å². The normalized spacial score (nSPS) is 14.1. The van der Waals surface area contributed by atoms with Crippen LogP contribution in [0.4, 0.5) is 11.4 Å². The SMILES string of the molecule is C=C1/C=C\C=N/N(c2cccc(-c3cc(-c4cc5ccccc5c5ccccc45)cc(-c4ccccn4)n3)c2)c2ccccc21. The molecule has 4 heteroatoms. The maximum Gasteiger partial charge on any atom is 0.0899 e. The summed E-state index contributed by atoms with van der Waals surface area (Å²) in [5, 5.41) is 11.7. The third kappa shape index (κ3) is 4.89. The highest BCUT2D eigenvalue weighted by Crippen LogP contribution is 2.39. The van der Waals surface area contributed by atoms with Gasteiger partial charge in [0.15, 0.2) is 0 Å². The fourth-order valence-corrected chi connectivity index (χ4v) is 6.12. The first kappa shape index (κ1) is 26.5. The van der Waals surface area contributed by atoms with E-state index in [9.17, 15) is 0 Å². The minimum absolute atomic E-state index is 0.821. The molecule has 1 aliphatic heterocycles. The fraction of sp³-hybridized carbons (Fsp3) is 0. The van der Waals surface area contributed by atoms with Crippen LogP contribution in [-0.4, -0.2) is 16.2 Å². The van der Waals surface area contributed by atoms with E-state index in [0.717, 1.165) is 56.3 Å². The molecule has 4 nitrogen and oxygen atoms in total. The van der Waals surface area contributed by atoms with Gasteiger partial charge in [0, 0.05) is 23.5 Å². The van der Waals surface area contributed by atoms with Crippen LogP contribution in [0.3, 0.4) is 0 Å². The summed E-state index contributed by atoms with van der Waals surface area (Å²) in [5.74, 6) is 0. The zero-order valence-electron chi connectivity index (χ0n) is 24.5. The third-order valence-electron chi connectivity index (χ3n) is 8.26. The number of hydrogen-bond donors (Lipinski definition) is 0. The molecule has 5 aromatic carbocycles. The van der Waals surface area contributed by atoms with Gasteiger partial charge in [0.2, 0.25) is 0 Å². The standard InChI is InChI=1S/C41H28N4/c1-28-12-11-23-43-45(41-21-7-6-16-33(28)41)32-15-10-14-30(24-32)39-26-31(27-40(44-39)38-20-8-9-22-42-38)37-25-29-13-2-3-17-34(29)35-18-4-5-19-36(35)37/h2-27H,1H2/b12-11-,43-23-. The molecule has 1 aliphatic rings. The molecule has 0 radical (unpaired) electrons. The van der Waals surface area contributed by atoms with Crippen molar-refractivity contribution in [2.24, 2.45) is 5.10 Å². The number of nitrogens with zero attached hydrogens (tertiary/aromatic N) is 4. The molecule has 212 valence electrons. The van der Waals surface area contributed by atoms with E-state index in [4.69, 9.17) is 10.1 Å². The molecule has 0 bridgehead atoms. The van der Waals surface area contributed by atoms with Crippen molar-refractivity contribution in [2.75, 3.05) is 5.01 Å². The molecule has 0 spiro atoms. The predicted octanol–water partition coefficient (Wildman–Crippen LogP) is 10.5. The van der Waals surface area contributed by atoms with Crippen LogP contribution in [0, 0.1) is 0 Å². The average molecular weight is 577 g/mol. The third-order valence-corrected chi connectivity index (χ3v) is 8.26. The second-order valence-corrected chi connectivity index (χ2v) is 11.1. The van der Waals surface area contributed by atoms with Crippen LogP contribution in [0.25, 0.3) is 60.9 Å². The molecule has 8 rings (SSSR count). The van der Waals surface area contributed by atoms with Crippen molar-refractivity contribution in [3.63, 3.8) is 0 Å². The van der Waals surface area contributed by atoms with Crippen LogP contribution < -0.4 is 5.01 Å². The van der Waals surface area contributed by atoms with Gasteiger partial charge in [-0.05, 0) is 92.9 Å². The highest BCUT2D eigenvalue weighted by molar-refractivity contribution is 6.14. The molecular formula is C41H28N4. The summed E-state index contributed by atoms with van der Waals surface area (Å²) < 4.78 is 0. The first-order valence-electron chi connectivity index (χ1n) is 15.0. The number of hydrazone groups is 1. The topological polar surface area (TPSA) is 41.4 Å². The van der Waals surface area contributed by atoms with Crippen molar-refractivity contribution in [1.29, 1.82) is 0 Å². The average Bonchev–Trinajstić information content (AvgIpc) is 3.10. The Bertz CT molecular complexity index is 2300. The molecule has 0 amide bonds. The highest BCUT2D eigenvalue weighted by Gasteiger charge is 2.17. The van der Waals surface area contributed by atoms with Crippen LogP contribution in [0.1, 0.15) is 5.56 Å². The van der Waals surface area contributed by atoms with E-state index >= 15 is 0 Å². The van der Waals surface area contributed by atoms with Crippen molar-refractivity contribution in [2.45, 2.75) is 0 Å². The van der Waals surface area contributed by atoms with Crippen LogP contribution in [0.5, 0.6) is 0 Å². The molecule has 0 aliphatic carbocycles. The Morgan fingerprint density at radius 3 is 2.22 bits per heavy atom. The van der Waals surface area contributed by atoms with Gasteiger partial charge in [-0.2, -0.15) is 5.10 Å². The number of pyridine rings is 2. The molecular weight excluding hydrogens is 548 g/mol. The van der Waals surface area contributed by atoms with Gasteiger partial charge in [0.05, 0.1) is 28.5 Å². The Morgan fingerprint density at radius 1 is 0.556 bits per heavy atom. The lowest BCUT2D eigenvalue weighted by Crippen LogP contribution is -2.12. The summed E-state index contributed by atoms with van der Waals surface area (Å²) in [6, 6.07) is 46.4. The van der Waals surface area contributed by atoms with Crippen LogP contribution in [0.2, 0.25) is 0 Å². The minimum Gasteiger partial charge on any atom is -0.255 e. The van der Waals surface area contributed by atoms with E-state index in [1.807, 2.05) is 53.7 Å². The molecule has 0 saturated heterocycles. The van der Waals surface area contributed by atoms with Crippen molar-refractivity contribution < 1.29 is 0 Å². The van der Waals surface area contributed by atoms with Crippen molar-refractivity contribution >= 4 is 44.7 Å². The van der Waals surface area contributed by atoms with Gasteiger partial charge in [-0.1, -0.05) is 97.6 Å². The van der Waals surface area contributed by atoms with Gasteiger partial charge in [-0.15, -0.1) is 0 Å². The second-order valence-electron chi connectivity index (χ2n) is 11.1. The Morgan fingerprint density at radius 2 is 1.33 bits per heavy atom. The first-order valence-corrected chi connectivity index (χ1v) is 15.0. The van der Waals surface area contributed by atoms with Gasteiger partial charge < -0.3 is 0 Å². The maximum atomic E-state index is 5.17. The van der Waals surface area contributed by atoms with E-state index < -0.39 is 0 Å². The first-order chi connectivity index (χ1) is 22.2. The van der Waals surface area contributed by atoms with Crippen LogP contribution in [-0.2, 0) is 0 Å². The molecule has 2 aromatic heterocycles. The number of aromatic nitrogens is 2. The molecule has 0 atom stereocenters. The summed E-state index contributed by atoms with van der Waals surface area (Å²) in [6.07, 6.45) is 7.53. The second kappa shape index (κ2) is 11.2. The largest absolute Gasteiger partial charge is 0.255 e. The lowest BCUT2D eigenvalue weighted by Gasteiger charge is -2.24.